The van der Waals surface area contributed by atoms with E-state index in [9.17, 15) is 9.59 Å². The topological polar surface area (TPSA) is 62.3 Å². The van der Waals surface area contributed by atoms with Crippen LogP contribution < -0.4 is 5.32 Å². The molecule has 0 saturated carbocycles. The van der Waals surface area contributed by atoms with Gasteiger partial charge in [0.15, 0.2) is 0 Å². The number of thiazole rings is 1. The number of likely N-dealkylation sites (tertiary alicyclic amines) is 1. The van der Waals surface area contributed by atoms with Crippen LogP contribution in [0.2, 0.25) is 0 Å². The van der Waals surface area contributed by atoms with Gasteiger partial charge in [0, 0.05) is 35.3 Å². The summed E-state index contributed by atoms with van der Waals surface area (Å²) in [5.41, 5.74) is 5.51. The zero-order valence-electron chi connectivity index (χ0n) is 15.9. The third-order valence-corrected chi connectivity index (χ3v) is 6.11. The lowest BCUT2D eigenvalue weighted by atomic mass is 9.94. The first kappa shape index (κ1) is 18.9. The van der Waals surface area contributed by atoms with Crippen molar-refractivity contribution < 1.29 is 9.59 Å². The van der Waals surface area contributed by atoms with Crippen LogP contribution in [0.4, 0.5) is 5.69 Å². The second kappa shape index (κ2) is 8.69. The number of hydrogen-bond donors (Lipinski definition) is 1. The second-order valence-corrected chi connectivity index (χ2v) is 8.22. The maximum atomic E-state index is 12.8. The molecular weight excluding hydrogens is 370 g/mol. The summed E-state index contributed by atoms with van der Waals surface area (Å²) in [7, 11) is 0. The van der Waals surface area contributed by atoms with Gasteiger partial charge in [-0.05, 0) is 50.7 Å². The Morgan fingerprint density at radius 1 is 1.14 bits per heavy atom. The first-order valence-corrected chi connectivity index (χ1v) is 10.9. The lowest BCUT2D eigenvalue weighted by Crippen LogP contribution is -2.44. The zero-order valence-corrected chi connectivity index (χ0v) is 16.7. The van der Waals surface area contributed by atoms with Crippen LogP contribution >= 0.6 is 11.3 Å². The number of amides is 2. The van der Waals surface area contributed by atoms with E-state index in [1.165, 1.54) is 6.42 Å². The minimum Gasteiger partial charge on any atom is -0.338 e. The summed E-state index contributed by atoms with van der Waals surface area (Å²) in [6, 6.07) is 7.75. The lowest BCUT2D eigenvalue weighted by Gasteiger charge is -2.33. The Morgan fingerprint density at radius 3 is 2.71 bits per heavy atom. The van der Waals surface area contributed by atoms with Gasteiger partial charge in [0.2, 0.25) is 11.8 Å². The van der Waals surface area contributed by atoms with Crippen LogP contribution in [-0.2, 0) is 9.59 Å². The summed E-state index contributed by atoms with van der Waals surface area (Å²) in [6.45, 7) is 1.27. The monoisotopic (exact) mass is 395 g/mol. The normalized spacial score (nSPS) is 19.8. The standard InChI is InChI=1S/C22H25N3O2S/c26-21(24-19-10-8-16(9-11-19)20-14-28-15-23-20)18-7-4-12-25(13-18)22(27)17-5-2-1-3-6-17/h5,8-11,14-15,18H,1-4,6-7,12-13H2,(H,24,26)/t18-/m1/s1. The van der Waals surface area contributed by atoms with Crippen molar-refractivity contribution in [2.24, 2.45) is 5.92 Å². The predicted octanol–water partition coefficient (Wildman–Crippen LogP) is 4.49. The molecule has 146 valence electrons. The Balaban J connectivity index is 1.36. The predicted molar refractivity (Wildman–Crippen MR) is 112 cm³/mol. The van der Waals surface area contributed by atoms with E-state index in [0.29, 0.717) is 6.54 Å². The van der Waals surface area contributed by atoms with E-state index in [1.54, 1.807) is 11.3 Å². The smallest absolute Gasteiger partial charge is 0.249 e. The minimum absolute atomic E-state index is 0.00321. The van der Waals surface area contributed by atoms with Gasteiger partial charge >= 0.3 is 0 Å². The number of anilines is 1. The number of nitrogens with one attached hydrogen (secondary N) is 1. The molecule has 0 bridgehead atoms. The molecule has 2 amide bonds. The summed E-state index contributed by atoms with van der Waals surface area (Å²) in [5.74, 6) is -0.0264. The maximum Gasteiger partial charge on any atom is 0.249 e. The molecule has 2 aromatic rings. The highest BCUT2D eigenvalue weighted by Gasteiger charge is 2.30. The number of carbonyl (C=O) groups excluding carboxylic acids is 2. The van der Waals surface area contributed by atoms with Crippen LogP contribution in [0.15, 0.2) is 46.8 Å². The molecule has 1 aliphatic carbocycles. The molecule has 4 rings (SSSR count). The van der Waals surface area contributed by atoms with Gasteiger partial charge in [-0.3, -0.25) is 9.59 Å². The first-order valence-electron chi connectivity index (χ1n) is 9.98. The Kier molecular flexibility index (Phi) is 5.86. The molecule has 6 heteroatoms. The number of hydrogen-bond acceptors (Lipinski definition) is 4. The quantitative estimate of drug-likeness (QED) is 0.830. The largest absolute Gasteiger partial charge is 0.338 e. The zero-order chi connectivity index (χ0) is 19.3. The van der Waals surface area contributed by atoms with Crippen LogP contribution in [0.25, 0.3) is 11.3 Å². The number of nitrogens with zero attached hydrogens (tertiary/aromatic N) is 2. The average Bonchev–Trinajstić information content (AvgIpc) is 3.29. The van der Waals surface area contributed by atoms with Crippen molar-refractivity contribution in [3.63, 3.8) is 0 Å². The third kappa shape index (κ3) is 4.33. The third-order valence-electron chi connectivity index (χ3n) is 5.53. The van der Waals surface area contributed by atoms with E-state index in [-0.39, 0.29) is 17.7 Å². The molecule has 1 fully saturated rings. The summed E-state index contributed by atoms with van der Waals surface area (Å²) < 4.78 is 0. The molecular formula is C22H25N3O2S. The van der Waals surface area contributed by atoms with Crippen molar-refractivity contribution in [1.29, 1.82) is 0 Å². The Hall–Kier alpha value is -2.47. The Bertz CT molecular complexity index is 858. The Morgan fingerprint density at radius 2 is 2.00 bits per heavy atom. The molecule has 1 atom stereocenters. The van der Waals surface area contributed by atoms with E-state index in [2.05, 4.69) is 16.4 Å². The van der Waals surface area contributed by atoms with Crippen LogP contribution in [0.5, 0.6) is 0 Å². The number of rotatable bonds is 4. The molecule has 1 aromatic carbocycles. The van der Waals surface area contributed by atoms with E-state index in [1.807, 2.05) is 40.1 Å². The van der Waals surface area contributed by atoms with Crippen molar-refractivity contribution in [3.8, 4) is 11.3 Å². The van der Waals surface area contributed by atoms with Crippen LogP contribution in [-0.4, -0.2) is 34.8 Å². The molecule has 1 saturated heterocycles. The van der Waals surface area contributed by atoms with Crippen LogP contribution in [0.1, 0.15) is 38.5 Å². The number of carbonyl (C=O) groups is 2. The minimum atomic E-state index is -0.153. The molecule has 1 aromatic heterocycles. The molecule has 5 nitrogen and oxygen atoms in total. The van der Waals surface area contributed by atoms with Gasteiger partial charge in [0.1, 0.15) is 0 Å². The number of aromatic nitrogens is 1. The maximum absolute atomic E-state index is 12.8. The van der Waals surface area contributed by atoms with Gasteiger partial charge in [-0.2, -0.15) is 0 Å². The number of piperidine rings is 1. The highest BCUT2D eigenvalue weighted by molar-refractivity contribution is 7.07. The fourth-order valence-corrected chi connectivity index (χ4v) is 4.50. The summed E-state index contributed by atoms with van der Waals surface area (Å²) >= 11 is 1.56. The highest BCUT2D eigenvalue weighted by Crippen LogP contribution is 2.25. The highest BCUT2D eigenvalue weighted by atomic mass is 32.1. The molecule has 1 aliphatic heterocycles. The second-order valence-electron chi connectivity index (χ2n) is 7.51. The van der Waals surface area contributed by atoms with Crippen molar-refractivity contribution in [2.45, 2.75) is 38.5 Å². The van der Waals surface area contributed by atoms with Gasteiger partial charge in [0.05, 0.1) is 17.1 Å². The van der Waals surface area contributed by atoms with Crippen LogP contribution in [0, 0.1) is 5.92 Å². The molecule has 0 unspecified atom stereocenters. The van der Waals surface area contributed by atoms with Gasteiger partial charge < -0.3 is 10.2 Å². The number of allylic oxidation sites excluding steroid dienone is 1. The van der Waals surface area contributed by atoms with Crippen molar-refractivity contribution >= 4 is 28.8 Å². The van der Waals surface area contributed by atoms with Gasteiger partial charge in [-0.15, -0.1) is 11.3 Å². The van der Waals surface area contributed by atoms with Gasteiger partial charge in [0.25, 0.3) is 0 Å². The first-order chi connectivity index (χ1) is 13.7. The number of benzene rings is 1. The van der Waals surface area contributed by atoms with E-state index in [4.69, 9.17) is 0 Å². The van der Waals surface area contributed by atoms with Crippen LogP contribution in [0.3, 0.4) is 0 Å². The van der Waals surface area contributed by atoms with E-state index >= 15 is 0 Å². The fourth-order valence-electron chi connectivity index (χ4n) is 3.93. The molecule has 0 spiro atoms. The van der Waals surface area contributed by atoms with E-state index in [0.717, 1.165) is 61.2 Å². The molecule has 28 heavy (non-hydrogen) atoms. The summed E-state index contributed by atoms with van der Waals surface area (Å²) in [5, 5.41) is 5.02. The Labute approximate surface area is 169 Å². The fraction of sp³-hybridized carbons (Fsp3) is 0.409. The van der Waals surface area contributed by atoms with Crippen molar-refractivity contribution in [2.75, 3.05) is 18.4 Å². The summed E-state index contributed by atoms with van der Waals surface area (Å²) in [6.07, 6.45) is 7.91. The molecule has 2 aliphatic rings. The van der Waals surface area contributed by atoms with Crippen molar-refractivity contribution in [3.05, 3.63) is 46.8 Å². The average molecular weight is 396 g/mol. The van der Waals surface area contributed by atoms with Gasteiger partial charge in [-0.25, -0.2) is 4.98 Å². The lowest BCUT2D eigenvalue weighted by molar-refractivity contribution is -0.131. The molecule has 1 N–H and O–H groups in total. The SMILES string of the molecule is O=C(Nc1ccc(-c2cscn2)cc1)[C@@H]1CCCN(C(=O)C2=CCCCC2)C1. The van der Waals surface area contributed by atoms with Crippen molar-refractivity contribution in [1.82, 2.24) is 9.88 Å². The summed E-state index contributed by atoms with van der Waals surface area (Å²) in [4.78, 5) is 31.7. The molecule has 0 radical (unpaired) electrons. The van der Waals surface area contributed by atoms with Gasteiger partial charge in [-0.1, -0.05) is 18.2 Å². The molecule has 2 heterocycles. The van der Waals surface area contributed by atoms with E-state index < -0.39 is 0 Å².